The quantitative estimate of drug-likeness (QED) is 0.723. The molecule has 0 aliphatic carbocycles. The van der Waals surface area contributed by atoms with Crippen LogP contribution >= 0.6 is 12.2 Å². The van der Waals surface area contributed by atoms with Gasteiger partial charge < -0.3 is 15.0 Å². The predicted molar refractivity (Wildman–Crippen MR) is 111 cm³/mol. The van der Waals surface area contributed by atoms with Crippen LogP contribution in [0.25, 0.3) is 0 Å². The number of thiocarbonyl (C=S) groups is 1. The second kappa shape index (κ2) is 8.87. The summed E-state index contributed by atoms with van der Waals surface area (Å²) in [7, 11) is -1.43. The van der Waals surface area contributed by atoms with E-state index < -0.39 is 9.84 Å². The van der Waals surface area contributed by atoms with Crippen molar-refractivity contribution < 1.29 is 17.5 Å². The Labute approximate surface area is 170 Å². The van der Waals surface area contributed by atoms with Crippen molar-refractivity contribution in [3.63, 3.8) is 0 Å². The van der Waals surface area contributed by atoms with Crippen LogP contribution < -0.4 is 10.1 Å². The van der Waals surface area contributed by atoms with Gasteiger partial charge in [-0.05, 0) is 54.0 Å². The predicted octanol–water partition coefficient (Wildman–Crippen LogP) is 2.90. The molecule has 8 heteroatoms. The number of ether oxygens (including phenoxy) is 1. The first-order chi connectivity index (χ1) is 13.4. The zero-order chi connectivity index (χ0) is 20.1. The van der Waals surface area contributed by atoms with Crippen molar-refractivity contribution in [2.75, 3.05) is 18.6 Å². The van der Waals surface area contributed by atoms with Crippen LogP contribution in [0.5, 0.6) is 5.75 Å². The molecule has 2 aromatic carbocycles. The lowest BCUT2D eigenvalue weighted by molar-refractivity contribution is 0.322. The van der Waals surface area contributed by atoms with Gasteiger partial charge in [0.05, 0.1) is 18.6 Å². The number of halogens is 1. The molecule has 1 N–H and O–H groups in total. The lowest BCUT2D eigenvalue weighted by Gasteiger charge is -2.31. The first-order valence-corrected chi connectivity index (χ1v) is 11.2. The number of sulfone groups is 1. The van der Waals surface area contributed by atoms with E-state index in [1.54, 1.807) is 19.2 Å². The third-order valence-electron chi connectivity index (χ3n) is 4.78. The number of benzene rings is 2. The summed E-state index contributed by atoms with van der Waals surface area (Å²) in [6.07, 6.45) is 0.552. The highest BCUT2D eigenvalue weighted by Gasteiger charge is 2.33. The van der Waals surface area contributed by atoms with Gasteiger partial charge in [0.15, 0.2) is 14.9 Å². The number of hydrogen-bond acceptors (Lipinski definition) is 4. The maximum absolute atomic E-state index is 13.1. The first-order valence-electron chi connectivity index (χ1n) is 8.98. The van der Waals surface area contributed by atoms with E-state index in [1.165, 1.54) is 12.1 Å². The van der Waals surface area contributed by atoms with Gasteiger partial charge in [-0.3, -0.25) is 0 Å². The molecule has 1 saturated heterocycles. The highest BCUT2D eigenvalue weighted by atomic mass is 32.2. The molecule has 0 aromatic heterocycles. The molecule has 150 valence electrons. The molecule has 1 atom stereocenters. The molecule has 0 unspecified atom stereocenters. The molecule has 2 aromatic rings. The van der Waals surface area contributed by atoms with Gasteiger partial charge >= 0.3 is 0 Å². The van der Waals surface area contributed by atoms with Crippen LogP contribution in [-0.4, -0.2) is 43.1 Å². The van der Waals surface area contributed by atoms with E-state index in [2.05, 4.69) is 5.32 Å². The molecule has 1 heterocycles. The number of rotatable bonds is 6. The number of methoxy groups -OCH3 is 1. The third-order valence-corrected chi connectivity index (χ3v) is 6.91. The van der Waals surface area contributed by atoms with E-state index >= 15 is 0 Å². The van der Waals surface area contributed by atoms with Crippen LogP contribution in [0.1, 0.15) is 17.5 Å². The van der Waals surface area contributed by atoms with Crippen molar-refractivity contribution in [3.8, 4) is 5.75 Å². The fraction of sp³-hybridized carbons (Fsp3) is 0.350. The van der Waals surface area contributed by atoms with Crippen molar-refractivity contribution in [1.29, 1.82) is 0 Å². The second-order valence-corrected chi connectivity index (χ2v) is 9.43. The Bertz CT molecular complexity index is 915. The Morgan fingerprint density at radius 2 is 1.82 bits per heavy atom. The van der Waals surface area contributed by atoms with Gasteiger partial charge in [0.25, 0.3) is 0 Å². The second-order valence-electron chi connectivity index (χ2n) is 6.82. The molecule has 1 aliphatic heterocycles. The van der Waals surface area contributed by atoms with E-state index in [1.807, 2.05) is 29.2 Å². The van der Waals surface area contributed by atoms with Gasteiger partial charge in [-0.15, -0.1) is 0 Å². The summed E-state index contributed by atoms with van der Waals surface area (Å²) in [5.41, 5.74) is 1.91. The SMILES string of the molecule is COc1ccc(CN(C(=S)NCc2ccc(F)cc2)[C@@H]2CCS(=O)(=O)C2)cc1. The van der Waals surface area contributed by atoms with E-state index in [9.17, 15) is 12.8 Å². The van der Waals surface area contributed by atoms with Crippen LogP contribution in [0.4, 0.5) is 4.39 Å². The largest absolute Gasteiger partial charge is 0.497 e. The summed E-state index contributed by atoms with van der Waals surface area (Å²) < 4.78 is 42.2. The summed E-state index contributed by atoms with van der Waals surface area (Å²) in [6, 6.07) is 13.6. The summed E-state index contributed by atoms with van der Waals surface area (Å²) >= 11 is 5.58. The highest BCUT2D eigenvalue weighted by molar-refractivity contribution is 7.91. The van der Waals surface area contributed by atoms with Gasteiger partial charge in [-0.1, -0.05) is 24.3 Å². The molecule has 0 saturated carbocycles. The molecular formula is C20H23FN2O3S2. The van der Waals surface area contributed by atoms with Gasteiger partial charge in [0.1, 0.15) is 11.6 Å². The molecule has 5 nitrogen and oxygen atoms in total. The van der Waals surface area contributed by atoms with Crippen LogP contribution in [0.3, 0.4) is 0 Å². The molecule has 1 fully saturated rings. The molecular weight excluding hydrogens is 399 g/mol. The van der Waals surface area contributed by atoms with Crippen LogP contribution in [-0.2, 0) is 22.9 Å². The van der Waals surface area contributed by atoms with E-state index in [-0.39, 0.29) is 23.4 Å². The Morgan fingerprint density at radius 3 is 2.39 bits per heavy atom. The first kappa shape index (κ1) is 20.5. The van der Waals surface area contributed by atoms with Crippen LogP contribution in [0, 0.1) is 5.82 Å². The molecule has 0 bridgehead atoms. The maximum atomic E-state index is 13.1. The van der Waals surface area contributed by atoms with Crippen molar-refractivity contribution in [2.45, 2.75) is 25.6 Å². The van der Waals surface area contributed by atoms with Gasteiger partial charge in [0, 0.05) is 19.1 Å². The minimum Gasteiger partial charge on any atom is -0.497 e. The van der Waals surface area contributed by atoms with Gasteiger partial charge in [-0.2, -0.15) is 0 Å². The zero-order valence-corrected chi connectivity index (χ0v) is 17.2. The highest BCUT2D eigenvalue weighted by Crippen LogP contribution is 2.21. The van der Waals surface area contributed by atoms with Crippen LogP contribution in [0.2, 0.25) is 0 Å². The third kappa shape index (κ3) is 5.42. The van der Waals surface area contributed by atoms with Crippen molar-refractivity contribution in [1.82, 2.24) is 10.2 Å². The van der Waals surface area contributed by atoms with E-state index in [4.69, 9.17) is 17.0 Å². The Balaban J connectivity index is 1.72. The van der Waals surface area contributed by atoms with Crippen LogP contribution in [0.15, 0.2) is 48.5 Å². The molecule has 1 aliphatic rings. The number of nitrogens with one attached hydrogen (secondary N) is 1. The Kier molecular flexibility index (Phi) is 6.51. The Hall–Kier alpha value is -2.19. The molecule has 0 amide bonds. The van der Waals surface area contributed by atoms with Crippen molar-refractivity contribution in [2.24, 2.45) is 0 Å². The summed E-state index contributed by atoms with van der Waals surface area (Å²) in [4.78, 5) is 1.94. The molecule has 0 spiro atoms. The zero-order valence-electron chi connectivity index (χ0n) is 15.6. The average Bonchev–Trinajstić information content (AvgIpc) is 3.05. The normalized spacial score (nSPS) is 17.9. The molecule has 28 heavy (non-hydrogen) atoms. The topological polar surface area (TPSA) is 58.6 Å². The maximum Gasteiger partial charge on any atom is 0.169 e. The summed E-state index contributed by atoms with van der Waals surface area (Å²) in [6.45, 7) is 0.942. The van der Waals surface area contributed by atoms with E-state index in [0.717, 1.165) is 16.9 Å². The minimum absolute atomic E-state index is 0.0987. The smallest absolute Gasteiger partial charge is 0.169 e. The lowest BCUT2D eigenvalue weighted by atomic mass is 10.1. The minimum atomic E-state index is -3.04. The molecule has 3 rings (SSSR count). The fourth-order valence-corrected chi connectivity index (χ4v) is 5.21. The van der Waals surface area contributed by atoms with Crippen molar-refractivity contribution in [3.05, 3.63) is 65.5 Å². The number of hydrogen-bond donors (Lipinski definition) is 1. The summed E-state index contributed by atoms with van der Waals surface area (Å²) in [5, 5.41) is 3.67. The van der Waals surface area contributed by atoms with E-state index in [0.29, 0.717) is 24.6 Å². The van der Waals surface area contributed by atoms with Gasteiger partial charge in [0.2, 0.25) is 0 Å². The average molecular weight is 423 g/mol. The summed E-state index contributed by atoms with van der Waals surface area (Å²) in [5.74, 6) is 0.748. The lowest BCUT2D eigenvalue weighted by Crippen LogP contribution is -2.45. The van der Waals surface area contributed by atoms with Crippen molar-refractivity contribution >= 4 is 27.2 Å². The standard InChI is InChI=1S/C20H23FN2O3S2/c1-26-19-8-4-16(5-9-19)13-23(18-10-11-28(24,25)14-18)20(27)22-12-15-2-6-17(21)7-3-15/h2-9,18H,10-14H2,1H3,(H,22,27)/t18-/m1/s1. The monoisotopic (exact) mass is 422 g/mol. The molecule has 0 radical (unpaired) electrons. The van der Waals surface area contributed by atoms with Gasteiger partial charge in [-0.25, -0.2) is 12.8 Å². The fourth-order valence-electron chi connectivity index (χ4n) is 3.20. The Morgan fingerprint density at radius 1 is 1.18 bits per heavy atom. The number of nitrogens with zero attached hydrogens (tertiary/aromatic N) is 1.